The van der Waals surface area contributed by atoms with Crippen LogP contribution in [0.1, 0.15) is 0 Å². The molecule has 4 heteroatoms. The van der Waals surface area contributed by atoms with Crippen LogP contribution in [0.4, 0.5) is 0 Å². The number of benzene rings is 7. The fourth-order valence-electron chi connectivity index (χ4n) is 7.44. The number of nitrogens with zero attached hydrogens (tertiary/aromatic N) is 4. The Morgan fingerprint density at radius 2 is 0.925 bits per heavy atom. The average molecular weight is 677 g/mol. The predicted molar refractivity (Wildman–Crippen MR) is 218 cm³/mol. The lowest BCUT2D eigenvalue weighted by atomic mass is 9.94. The van der Waals surface area contributed by atoms with Gasteiger partial charge in [-0.2, -0.15) is 0 Å². The van der Waals surface area contributed by atoms with Crippen molar-refractivity contribution < 1.29 is 0 Å². The zero-order valence-electron chi connectivity index (χ0n) is 28.8. The van der Waals surface area contributed by atoms with Gasteiger partial charge < -0.3 is 0 Å². The monoisotopic (exact) mass is 676 g/mol. The molecule has 53 heavy (non-hydrogen) atoms. The van der Waals surface area contributed by atoms with E-state index in [2.05, 4.69) is 180 Å². The van der Waals surface area contributed by atoms with Gasteiger partial charge in [0.05, 0.1) is 22.6 Å². The van der Waals surface area contributed by atoms with Gasteiger partial charge in [-0.15, -0.1) is 0 Å². The second-order valence-electron chi connectivity index (χ2n) is 13.3. The van der Waals surface area contributed by atoms with Crippen LogP contribution in [0, 0.1) is 0 Å². The summed E-state index contributed by atoms with van der Waals surface area (Å²) in [4.78, 5) is 15.8. The van der Waals surface area contributed by atoms with Crippen molar-refractivity contribution in [2.75, 3.05) is 0 Å². The Morgan fingerprint density at radius 1 is 0.340 bits per heavy atom. The molecule has 248 valence electrons. The van der Waals surface area contributed by atoms with E-state index in [9.17, 15) is 0 Å². The van der Waals surface area contributed by atoms with Crippen LogP contribution in [0.2, 0.25) is 0 Å². The lowest BCUT2D eigenvalue weighted by molar-refractivity contribution is 1.19. The number of hydrogen-bond acceptors (Lipinski definition) is 3. The molecule has 0 spiro atoms. The first-order chi connectivity index (χ1) is 26.3. The van der Waals surface area contributed by atoms with Crippen molar-refractivity contribution in [2.45, 2.75) is 0 Å². The number of imidazole rings is 1. The normalized spacial score (nSPS) is 11.4. The third-order valence-electron chi connectivity index (χ3n) is 9.98. The summed E-state index contributed by atoms with van der Waals surface area (Å²) in [6.07, 6.45) is 2.09. The highest BCUT2D eigenvalue weighted by atomic mass is 15.0. The van der Waals surface area contributed by atoms with E-state index in [1.807, 2.05) is 18.2 Å². The molecule has 0 aliphatic rings. The smallest absolute Gasteiger partial charge is 0.160 e. The predicted octanol–water partition coefficient (Wildman–Crippen LogP) is 12.4. The summed E-state index contributed by atoms with van der Waals surface area (Å²) in [6.45, 7) is 0. The van der Waals surface area contributed by atoms with Gasteiger partial charge in [-0.25, -0.2) is 15.0 Å². The zero-order chi connectivity index (χ0) is 35.1. The molecule has 10 aromatic rings. The third kappa shape index (κ3) is 5.54. The summed E-state index contributed by atoms with van der Waals surface area (Å²) in [5, 5.41) is 3.30. The molecule has 7 aromatic carbocycles. The zero-order valence-corrected chi connectivity index (χ0v) is 28.8. The highest BCUT2D eigenvalue weighted by molar-refractivity contribution is 6.09. The molecule has 0 N–H and O–H groups in total. The molecule has 0 bridgehead atoms. The molecule has 3 heterocycles. The number of rotatable bonds is 6. The summed E-state index contributed by atoms with van der Waals surface area (Å²) in [7, 11) is 0. The average Bonchev–Trinajstić information content (AvgIpc) is 3.64. The fourth-order valence-corrected chi connectivity index (χ4v) is 7.44. The van der Waals surface area contributed by atoms with Gasteiger partial charge in [-0.3, -0.25) is 4.40 Å². The van der Waals surface area contributed by atoms with Crippen molar-refractivity contribution in [1.82, 2.24) is 19.4 Å². The van der Waals surface area contributed by atoms with Crippen LogP contribution in [0.3, 0.4) is 0 Å². The molecule has 0 fully saturated rings. The Bertz CT molecular complexity index is 2930. The van der Waals surface area contributed by atoms with Crippen LogP contribution >= 0.6 is 0 Å². The molecule has 0 atom stereocenters. The van der Waals surface area contributed by atoms with Crippen LogP contribution in [0.15, 0.2) is 194 Å². The highest BCUT2D eigenvalue weighted by Crippen LogP contribution is 2.39. The minimum absolute atomic E-state index is 0.691. The molecular formula is C49H32N4. The first-order valence-electron chi connectivity index (χ1n) is 17.9. The van der Waals surface area contributed by atoms with E-state index in [4.69, 9.17) is 15.0 Å². The molecular weight excluding hydrogens is 645 g/mol. The van der Waals surface area contributed by atoms with Gasteiger partial charge in [0.15, 0.2) is 5.82 Å². The minimum atomic E-state index is 0.691. The molecule has 0 radical (unpaired) electrons. The van der Waals surface area contributed by atoms with Gasteiger partial charge in [-0.05, 0) is 70.1 Å². The van der Waals surface area contributed by atoms with Crippen molar-refractivity contribution in [3.63, 3.8) is 0 Å². The van der Waals surface area contributed by atoms with E-state index in [0.29, 0.717) is 5.82 Å². The van der Waals surface area contributed by atoms with Crippen LogP contribution in [-0.2, 0) is 0 Å². The summed E-state index contributed by atoms with van der Waals surface area (Å²) in [6, 6.07) is 65.9. The van der Waals surface area contributed by atoms with E-state index in [-0.39, 0.29) is 0 Å². The number of hydrogen-bond donors (Lipinski definition) is 0. The molecule has 10 rings (SSSR count). The molecule has 0 unspecified atom stereocenters. The maximum absolute atomic E-state index is 5.34. The first-order valence-corrected chi connectivity index (χ1v) is 17.9. The van der Waals surface area contributed by atoms with Crippen LogP contribution in [0.25, 0.3) is 94.7 Å². The Hall–Kier alpha value is -7.17. The quantitative estimate of drug-likeness (QED) is 0.165. The van der Waals surface area contributed by atoms with Gasteiger partial charge in [0, 0.05) is 39.2 Å². The minimum Gasteiger partial charge on any atom is -0.299 e. The first kappa shape index (κ1) is 30.6. The van der Waals surface area contributed by atoms with E-state index in [0.717, 1.165) is 88.9 Å². The Labute approximate surface area is 307 Å². The third-order valence-corrected chi connectivity index (χ3v) is 9.98. The van der Waals surface area contributed by atoms with E-state index < -0.39 is 0 Å². The van der Waals surface area contributed by atoms with Crippen molar-refractivity contribution in [3.8, 4) is 67.4 Å². The summed E-state index contributed by atoms with van der Waals surface area (Å²) >= 11 is 0. The van der Waals surface area contributed by atoms with Crippen molar-refractivity contribution in [1.29, 1.82) is 0 Å². The van der Waals surface area contributed by atoms with Gasteiger partial charge in [0.2, 0.25) is 0 Å². The maximum Gasteiger partial charge on any atom is 0.160 e. The summed E-state index contributed by atoms with van der Waals surface area (Å²) in [5.41, 5.74) is 13.4. The Kier molecular flexibility index (Phi) is 7.43. The largest absolute Gasteiger partial charge is 0.299 e. The van der Waals surface area contributed by atoms with Crippen molar-refractivity contribution in [3.05, 3.63) is 194 Å². The van der Waals surface area contributed by atoms with E-state index >= 15 is 0 Å². The fraction of sp³-hybridized carbons (Fsp3) is 0. The molecule has 0 amide bonds. The van der Waals surface area contributed by atoms with Crippen molar-refractivity contribution >= 4 is 27.3 Å². The number of aromatic nitrogens is 4. The van der Waals surface area contributed by atoms with Crippen LogP contribution in [0.5, 0.6) is 0 Å². The molecule has 0 aliphatic carbocycles. The molecule has 0 saturated heterocycles. The second-order valence-corrected chi connectivity index (χ2v) is 13.3. The van der Waals surface area contributed by atoms with Gasteiger partial charge in [0.25, 0.3) is 0 Å². The van der Waals surface area contributed by atoms with Gasteiger partial charge in [0.1, 0.15) is 5.65 Å². The number of fused-ring (bicyclic) bond motifs is 4. The second kappa shape index (κ2) is 12.9. The molecule has 3 aromatic heterocycles. The Morgan fingerprint density at radius 3 is 1.70 bits per heavy atom. The summed E-state index contributed by atoms with van der Waals surface area (Å²) < 4.78 is 2.19. The van der Waals surface area contributed by atoms with Crippen molar-refractivity contribution in [2.24, 2.45) is 0 Å². The van der Waals surface area contributed by atoms with Crippen LogP contribution in [-0.4, -0.2) is 19.4 Å². The Balaban J connectivity index is 1.20. The van der Waals surface area contributed by atoms with Crippen LogP contribution < -0.4 is 0 Å². The summed E-state index contributed by atoms with van der Waals surface area (Å²) in [5.74, 6) is 0.691. The van der Waals surface area contributed by atoms with E-state index in [1.54, 1.807) is 0 Å². The standard InChI is InChI=1S/C49H32N4/c1-4-15-33(16-5-1)39-30-40(37-22-14-23-38(29-37)48-46(36-20-8-3-9-21-36)50-44-25-12-13-28-53(44)48)32-41(31-39)49-51-45(35-18-6-2-7-19-35)43-27-26-34-17-10-11-24-42(34)47(43)52-49/h1-32H. The lowest BCUT2D eigenvalue weighted by Crippen LogP contribution is -1.97. The molecule has 4 nitrogen and oxygen atoms in total. The molecule has 0 saturated carbocycles. The van der Waals surface area contributed by atoms with Gasteiger partial charge >= 0.3 is 0 Å². The van der Waals surface area contributed by atoms with E-state index in [1.165, 1.54) is 0 Å². The lowest BCUT2D eigenvalue weighted by Gasteiger charge is -2.14. The maximum atomic E-state index is 5.34. The SMILES string of the molecule is c1ccc(-c2cc(-c3cccc(-c4c(-c5ccccc5)nc5ccccn45)c3)cc(-c3nc(-c4ccccc4)c4ccc5ccccc5c4n3)c2)cc1. The molecule has 0 aliphatic heterocycles. The van der Waals surface area contributed by atoms with Gasteiger partial charge in [-0.1, -0.05) is 146 Å². The highest BCUT2D eigenvalue weighted by Gasteiger charge is 2.18. The number of pyridine rings is 1. The topological polar surface area (TPSA) is 43.1 Å².